The molecule has 0 N–H and O–H groups in total. The minimum atomic E-state index is -0.471. The molecule has 8 heteroatoms. The van der Waals surface area contributed by atoms with Crippen molar-refractivity contribution in [1.29, 1.82) is 0 Å². The highest BCUT2D eigenvalue weighted by Gasteiger charge is 2.37. The van der Waals surface area contributed by atoms with Gasteiger partial charge in [-0.05, 0) is 61.7 Å². The number of terminal acetylenes is 1. The van der Waals surface area contributed by atoms with Gasteiger partial charge >= 0.3 is 0 Å². The average Bonchev–Trinajstić information content (AvgIpc) is 2.95. The summed E-state index contributed by atoms with van der Waals surface area (Å²) in [5.41, 5.74) is 0.643. The molecule has 2 saturated heterocycles. The summed E-state index contributed by atoms with van der Waals surface area (Å²) >= 11 is 6.99. The summed E-state index contributed by atoms with van der Waals surface area (Å²) in [6, 6.07) is 5.12. The predicted molar refractivity (Wildman–Crippen MR) is 113 cm³/mol. The van der Waals surface area contributed by atoms with E-state index in [0.717, 1.165) is 35.9 Å². The van der Waals surface area contributed by atoms with Crippen molar-refractivity contribution in [2.75, 3.05) is 19.7 Å². The molecular weight excluding hydrogens is 412 g/mol. The number of piperidine rings is 1. The van der Waals surface area contributed by atoms with Gasteiger partial charge in [-0.2, -0.15) is 0 Å². The Bertz CT molecular complexity index is 908. The Hall–Kier alpha value is -2.43. The number of likely N-dealkylation sites (tertiary alicyclic amines) is 1. The maximum absolute atomic E-state index is 12.7. The molecule has 6 nitrogen and oxygen atoms in total. The molecule has 0 bridgehead atoms. The molecule has 1 atom stereocenters. The second-order valence-electron chi connectivity index (χ2n) is 6.88. The van der Waals surface area contributed by atoms with Crippen molar-refractivity contribution in [2.45, 2.75) is 32.2 Å². The predicted octanol–water partition coefficient (Wildman–Crippen LogP) is 3.79. The number of nitrogens with zero attached hydrogens (tertiary/aromatic N) is 2. The lowest BCUT2D eigenvalue weighted by Crippen LogP contribution is -2.47. The van der Waals surface area contributed by atoms with Crippen molar-refractivity contribution in [3.8, 4) is 18.1 Å². The third-order valence-corrected chi connectivity index (χ3v) is 6.06. The molecule has 1 aromatic rings. The molecule has 0 aromatic heterocycles. The van der Waals surface area contributed by atoms with Gasteiger partial charge in [-0.15, -0.1) is 6.42 Å². The van der Waals surface area contributed by atoms with E-state index in [1.54, 1.807) is 29.2 Å². The van der Waals surface area contributed by atoms with Gasteiger partial charge in [0.25, 0.3) is 11.1 Å². The van der Waals surface area contributed by atoms with E-state index in [1.807, 2.05) is 6.92 Å². The van der Waals surface area contributed by atoms with E-state index in [2.05, 4.69) is 5.92 Å². The van der Waals surface area contributed by atoms with Crippen LogP contribution >= 0.6 is 23.4 Å². The van der Waals surface area contributed by atoms with E-state index in [0.29, 0.717) is 22.9 Å². The van der Waals surface area contributed by atoms with E-state index in [9.17, 15) is 14.4 Å². The maximum Gasteiger partial charge on any atom is 0.294 e. The van der Waals surface area contributed by atoms with Crippen molar-refractivity contribution in [3.63, 3.8) is 0 Å². The summed E-state index contributed by atoms with van der Waals surface area (Å²) in [5, 5.41) is -0.0955. The molecule has 1 aromatic carbocycles. The molecule has 0 radical (unpaired) electrons. The summed E-state index contributed by atoms with van der Waals surface area (Å²) in [6.45, 7) is 2.53. The molecule has 152 valence electrons. The van der Waals surface area contributed by atoms with E-state index >= 15 is 0 Å². The van der Waals surface area contributed by atoms with Crippen LogP contribution in [0, 0.1) is 12.3 Å². The van der Waals surface area contributed by atoms with Crippen LogP contribution in [0.2, 0.25) is 5.02 Å². The third-order valence-electron chi connectivity index (χ3n) is 4.85. The van der Waals surface area contributed by atoms with Crippen molar-refractivity contribution in [3.05, 3.63) is 33.7 Å². The minimum Gasteiger partial charge on any atom is -0.479 e. The SMILES string of the molecule is C#CCOc1ccc(/C=C2\SC(=O)N(CC(=O)N3CCCC[C@@H]3C)C2=O)cc1Cl. The number of thioether (sulfide) groups is 1. The summed E-state index contributed by atoms with van der Waals surface area (Å²) < 4.78 is 5.31. The van der Waals surface area contributed by atoms with Crippen molar-refractivity contribution >= 4 is 46.5 Å². The van der Waals surface area contributed by atoms with E-state index in [-0.39, 0.29) is 30.0 Å². The second kappa shape index (κ2) is 9.38. The fraction of sp³-hybridized carbons (Fsp3) is 0.381. The first kappa shape index (κ1) is 21.3. The van der Waals surface area contributed by atoms with Crippen LogP contribution in [0.5, 0.6) is 5.75 Å². The zero-order chi connectivity index (χ0) is 21.0. The zero-order valence-electron chi connectivity index (χ0n) is 16.0. The quantitative estimate of drug-likeness (QED) is 0.523. The van der Waals surface area contributed by atoms with E-state index in [4.69, 9.17) is 22.8 Å². The number of benzene rings is 1. The standard InChI is InChI=1S/C21H21ClN2O4S/c1-3-10-28-17-8-7-15(11-16(17)22)12-18-20(26)24(21(27)29-18)13-19(25)23-9-5-4-6-14(23)2/h1,7-8,11-12,14H,4-6,9-10,13H2,2H3/b18-12-/t14-/m0/s1. The Morgan fingerprint density at radius 2 is 2.21 bits per heavy atom. The Morgan fingerprint density at radius 1 is 1.41 bits per heavy atom. The molecule has 2 aliphatic heterocycles. The van der Waals surface area contributed by atoms with E-state index in [1.165, 1.54) is 0 Å². The van der Waals surface area contributed by atoms with Crippen LogP contribution in [0.25, 0.3) is 6.08 Å². The smallest absolute Gasteiger partial charge is 0.294 e. The fourth-order valence-electron chi connectivity index (χ4n) is 3.33. The molecule has 3 rings (SSSR count). The maximum atomic E-state index is 12.7. The number of imide groups is 1. The molecule has 0 spiro atoms. The largest absolute Gasteiger partial charge is 0.479 e. The molecule has 3 amide bonds. The monoisotopic (exact) mass is 432 g/mol. The van der Waals surface area contributed by atoms with Gasteiger partial charge in [0.1, 0.15) is 18.9 Å². The number of hydrogen-bond acceptors (Lipinski definition) is 5. The van der Waals surface area contributed by atoms with Crippen LogP contribution in [-0.4, -0.2) is 52.6 Å². The molecule has 2 heterocycles. The van der Waals surface area contributed by atoms with Crippen LogP contribution < -0.4 is 4.74 Å². The number of hydrogen-bond donors (Lipinski definition) is 0. The minimum absolute atomic E-state index is 0.0988. The average molecular weight is 433 g/mol. The highest BCUT2D eigenvalue weighted by molar-refractivity contribution is 8.18. The Morgan fingerprint density at radius 3 is 2.90 bits per heavy atom. The number of halogens is 1. The number of carbonyl (C=O) groups is 3. The molecule has 2 aliphatic rings. The van der Waals surface area contributed by atoms with Crippen molar-refractivity contribution in [1.82, 2.24) is 9.80 Å². The lowest BCUT2D eigenvalue weighted by molar-refractivity contribution is -0.138. The molecular formula is C21H21ClN2O4S. The van der Waals surface area contributed by atoms with Gasteiger partial charge in [-0.1, -0.05) is 23.6 Å². The first-order valence-electron chi connectivity index (χ1n) is 9.31. The summed E-state index contributed by atoms with van der Waals surface area (Å²) in [7, 11) is 0. The lowest BCUT2D eigenvalue weighted by Gasteiger charge is -2.34. The van der Waals surface area contributed by atoms with Crippen LogP contribution in [0.3, 0.4) is 0 Å². The number of amides is 3. The van der Waals surface area contributed by atoms with Crippen LogP contribution in [0.15, 0.2) is 23.1 Å². The highest BCUT2D eigenvalue weighted by atomic mass is 35.5. The summed E-state index contributed by atoms with van der Waals surface area (Å²) in [4.78, 5) is 40.6. The Labute approximate surface area is 179 Å². The lowest BCUT2D eigenvalue weighted by atomic mass is 10.0. The van der Waals surface area contributed by atoms with Gasteiger partial charge in [0, 0.05) is 12.6 Å². The van der Waals surface area contributed by atoms with Gasteiger partial charge in [-0.3, -0.25) is 19.3 Å². The van der Waals surface area contributed by atoms with Gasteiger partial charge < -0.3 is 9.64 Å². The number of rotatable bonds is 5. The van der Waals surface area contributed by atoms with Gasteiger partial charge in [0.15, 0.2) is 0 Å². The van der Waals surface area contributed by atoms with E-state index < -0.39 is 11.1 Å². The normalized spacial score (nSPS) is 20.9. The van der Waals surface area contributed by atoms with Gasteiger partial charge in [0.05, 0.1) is 9.93 Å². The Balaban J connectivity index is 1.70. The zero-order valence-corrected chi connectivity index (χ0v) is 17.6. The Kier molecular flexibility index (Phi) is 6.88. The second-order valence-corrected chi connectivity index (χ2v) is 8.28. The molecule has 2 fully saturated rings. The number of ether oxygens (including phenoxy) is 1. The third kappa shape index (κ3) is 4.95. The first-order valence-corrected chi connectivity index (χ1v) is 10.5. The molecule has 0 saturated carbocycles. The molecule has 29 heavy (non-hydrogen) atoms. The fourth-order valence-corrected chi connectivity index (χ4v) is 4.41. The highest BCUT2D eigenvalue weighted by Crippen LogP contribution is 2.34. The van der Waals surface area contributed by atoms with Crippen LogP contribution in [0.4, 0.5) is 4.79 Å². The molecule has 0 aliphatic carbocycles. The van der Waals surface area contributed by atoms with Gasteiger partial charge in [0.2, 0.25) is 5.91 Å². The summed E-state index contributed by atoms with van der Waals surface area (Å²) in [6.07, 6.45) is 9.72. The topological polar surface area (TPSA) is 66.9 Å². The van der Waals surface area contributed by atoms with Crippen LogP contribution in [0.1, 0.15) is 31.7 Å². The van der Waals surface area contributed by atoms with Crippen molar-refractivity contribution < 1.29 is 19.1 Å². The number of carbonyl (C=O) groups excluding carboxylic acids is 3. The van der Waals surface area contributed by atoms with Crippen LogP contribution in [-0.2, 0) is 9.59 Å². The van der Waals surface area contributed by atoms with Crippen molar-refractivity contribution in [2.24, 2.45) is 0 Å². The first-order chi connectivity index (χ1) is 13.9. The summed E-state index contributed by atoms with van der Waals surface area (Å²) in [5.74, 6) is 2.13. The van der Waals surface area contributed by atoms with Gasteiger partial charge in [-0.25, -0.2) is 0 Å². The molecule has 0 unspecified atom stereocenters.